The molecule has 0 radical (unpaired) electrons. The predicted molar refractivity (Wildman–Crippen MR) is 72.2 cm³/mol. The molecule has 1 aromatic carbocycles. The zero-order valence-electron chi connectivity index (χ0n) is 9.58. The molecule has 2 N–H and O–H groups in total. The highest BCUT2D eigenvalue weighted by atomic mass is 35.5. The van der Waals surface area contributed by atoms with Gasteiger partial charge in [-0.25, -0.2) is 9.37 Å². The van der Waals surface area contributed by atoms with Crippen molar-refractivity contribution in [3.63, 3.8) is 0 Å². The lowest BCUT2D eigenvalue weighted by Gasteiger charge is -2.14. The van der Waals surface area contributed by atoms with Gasteiger partial charge in [-0.05, 0) is 19.2 Å². The summed E-state index contributed by atoms with van der Waals surface area (Å²) in [5.41, 5.74) is 7.17. The molecular formula is C11H13ClFN3S. The van der Waals surface area contributed by atoms with E-state index in [1.54, 1.807) is 17.8 Å². The van der Waals surface area contributed by atoms with Crippen molar-refractivity contribution in [2.45, 2.75) is 13.0 Å². The number of anilines is 1. The molecule has 0 aliphatic carbocycles. The molecular weight excluding hydrogens is 261 g/mol. The fourth-order valence-corrected chi connectivity index (χ4v) is 2.68. The SMILES string of the molecule is CSCC(C)n1c(N)nc2cc(F)c(Cl)cc21. The predicted octanol–water partition coefficient (Wildman–Crippen LogP) is 3.34. The van der Waals surface area contributed by atoms with Gasteiger partial charge in [0.2, 0.25) is 5.95 Å². The third-order valence-electron chi connectivity index (χ3n) is 2.61. The van der Waals surface area contributed by atoms with Crippen molar-refractivity contribution in [1.82, 2.24) is 9.55 Å². The number of nitrogen functional groups attached to an aromatic ring is 1. The zero-order chi connectivity index (χ0) is 12.6. The largest absolute Gasteiger partial charge is 0.369 e. The summed E-state index contributed by atoms with van der Waals surface area (Å²) in [5, 5.41) is 0.0926. The molecule has 0 aliphatic rings. The Morgan fingerprint density at radius 3 is 2.94 bits per heavy atom. The molecule has 1 atom stereocenters. The van der Waals surface area contributed by atoms with Crippen LogP contribution in [0.15, 0.2) is 12.1 Å². The van der Waals surface area contributed by atoms with Crippen molar-refractivity contribution >= 4 is 40.3 Å². The van der Waals surface area contributed by atoms with Crippen molar-refractivity contribution < 1.29 is 4.39 Å². The summed E-state index contributed by atoms with van der Waals surface area (Å²) in [6.45, 7) is 2.05. The minimum Gasteiger partial charge on any atom is -0.369 e. The summed E-state index contributed by atoms with van der Waals surface area (Å²) in [4.78, 5) is 4.15. The molecule has 0 spiro atoms. The van der Waals surface area contributed by atoms with E-state index in [-0.39, 0.29) is 11.1 Å². The zero-order valence-corrected chi connectivity index (χ0v) is 11.1. The van der Waals surface area contributed by atoms with Gasteiger partial charge >= 0.3 is 0 Å². The van der Waals surface area contributed by atoms with Gasteiger partial charge in [0, 0.05) is 17.9 Å². The molecule has 1 aromatic heterocycles. The first kappa shape index (κ1) is 12.5. The van der Waals surface area contributed by atoms with Crippen LogP contribution < -0.4 is 5.73 Å². The Morgan fingerprint density at radius 2 is 2.29 bits per heavy atom. The van der Waals surface area contributed by atoms with Crippen LogP contribution in [-0.2, 0) is 0 Å². The summed E-state index contributed by atoms with van der Waals surface area (Å²) in [5.74, 6) is 0.828. The molecule has 17 heavy (non-hydrogen) atoms. The Bertz CT molecular complexity index is 555. The quantitative estimate of drug-likeness (QED) is 0.933. The van der Waals surface area contributed by atoms with E-state index in [2.05, 4.69) is 4.98 Å². The van der Waals surface area contributed by atoms with E-state index >= 15 is 0 Å². The second-order valence-corrected chi connectivity index (χ2v) is 5.22. The molecule has 1 unspecified atom stereocenters. The molecule has 0 fully saturated rings. The smallest absolute Gasteiger partial charge is 0.201 e. The molecule has 0 saturated heterocycles. The molecule has 6 heteroatoms. The summed E-state index contributed by atoms with van der Waals surface area (Å²) in [7, 11) is 0. The van der Waals surface area contributed by atoms with E-state index in [0.29, 0.717) is 11.5 Å². The fourth-order valence-electron chi connectivity index (χ4n) is 1.89. The van der Waals surface area contributed by atoms with Crippen LogP contribution in [-0.4, -0.2) is 21.6 Å². The number of hydrogen-bond acceptors (Lipinski definition) is 3. The van der Waals surface area contributed by atoms with Crippen LogP contribution in [0.2, 0.25) is 5.02 Å². The Kier molecular flexibility index (Phi) is 3.49. The lowest BCUT2D eigenvalue weighted by molar-refractivity contribution is 0.626. The average Bonchev–Trinajstić information content (AvgIpc) is 2.55. The second kappa shape index (κ2) is 4.74. The van der Waals surface area contributed by atoms with Gasteiger partial charge in [0.25, 0.3) is 0 Å². The molecule has 0 amide bonds. The second-order valence-electron chi connectivity index (χ2n) is 3.90. The van der Waals surface area contributed by atoms with Gasteiger partial charge in [-0.2, -0.15) is 11.8 Å². The third kappa shape index (κ3) is 2.21. The Labute approximate surface area is 108 Å². The number of imidazole rings is 1. The van der Waals surface area contributed by atoms with Crippen LogP contribution in [0.5, 0.6) is 0 Å². The Morgan fingerprint density at radius 1 is 1.59 bits per heavy atom. The molecule has 2 aromatic rings. The maximum absolute atomic E-state index is 13.3. The number of hydrogen-bond donors (Lipinski definition) is 1. The highest BCUT2D eigenvalue weighted by molar-refractivity contribution is 7.98. The van der Waals surface area contributed by atoms with Crippen LogP contribution in [0.25, 0.3) is 11.0 Å². The molecule has 2 rings (SSSR count). The van der Waals surface area contributed by atoms with E-state index in [0.717, 1.165) is 11.3 Å². The van der Waals surface area contributed by atoms with Gasteiger partial charge in [0.05, 0.1) is 16.1 Å². The van der Waals surface area contributed by atoms with E-state index in [9.17, 15) is 4.39 Å². The van der Waals surface area contributed by atoms with Gasteiger partial charge in [-0.15, -0.1) is 0 Å². The first-order chi connectivity index (χ1) is 8.04. The Balaban J connectivity index is 2.62. The first-order valence-electron chi connectivity index (χ1n) is 5.16. The van der Waals surface area contributed by atoms with Crippen molar-refractivity contribution in [3.8, 4) is 0 Å². The molecule has 1 heterocycles. The van der Waals surface area contributed by atoms with Crippen LogP contribution in [0, 0.1) is 5.82 Å². The van der Waals surface area contributed by atoms with E-state index in [1.165, 1.54) is 6.07 Å². The van der Waals surface area contributed by atoms with Gasteiger partial charge in [0.1, 0.15) is 5.82 Å². The number of rotatable bonds is 3. The van der Waals surface area contributed by atoms with Crippen molar-refractivity contribution in [3.05, 3.63) is 23.0 Å². The minimum atomic E-state index is -0.471. The molecule has 0 bridgehead atoms. The summed E-state index contributed by atoms with van der Waals surface area (Å²) in [6.07, 6.45) is 2.03. The van der Waals surface area contributed by atoms with Crippen LogP contribution >= 0.6 is 23.4 Å². The topological polar surface area (TPSA) is 43.8 Å². The van der Waals surface area contributed by atoms with E-state index < -0.39 is 5.82 Å². The van der Waals surface area contributed by atoms with Gasteiger partial charge in [-0.1, -0.05) is 11.6 Å². The molecule has 0 saturated carbocycles. The number of fused-ring (bicyclic) bond motifs is 1. The number of thioether (sulfide) groups is 1. The molecule has 0 aliphatic heterocycles. The first-order valence-corrected chi connectivity index (χ1v) is 6.93. The monoisotopic (exact) mass is 273 g/mol. The van der Waals surface area contributed by atoms with Crippen molar-refractivity contribution in [2.24, 2.45) is 0 Å². The average molecular weight is 274 g/mol. The van der Waals surface area contributed by atoms with Crippen LogP contribution in [0.1, 0.15) is 13.0 Å². The number of halogens is 2. The normalized spacial score (nSPS) is 13.2. The summed E-state index contributed by atoms with van der Waals surface area (Å²) in [6, 6.07) is 3.08. The number of benzene rings is 1. The highest BCUT2D eigenvalue weighted by Gasteiger charge is 2.15. The standard InChI is InChI=1S/C11H13ClFN3S/c1-6(5-17-2)16-10-3-7(12)8(13)4-9(10)15-11(16)14/h3-4,6H,5H2,1-2H3,(H2,14,15). The number of aromatic nitrogens is 2. The number of nitrogens with zero attached hydrogens (tertiary/aromatic N) is 2. The number of nitrogens with two attached hydrogens (primary N) is 1. The minimum absolute atomic E-state index is 0.0926. The van der Waals surface area contributed by atoms with E-state index in [4.69, 9.17) is 17.3 Å². The maximum Gasteiger partial charge on any atom is 0.201 e. The Hall–Kier alpha value is -0.940. The van der Waals surface area contributed by atoms with Gasteiger partial charge in [0.15, 0.2) is 0 Å². The van der Waals surface area contributed by atoms with Gasteiger partial charge in [-0.3, -0.25) is 0 Å². The lowest BCUT2D eigenvalue weighted by atomic mass is 10.3. The van der Waals surface area contributed by atoms with Gasteiger partial charge < -0.3 is 10.3 Å². The highest BCUT2D eigenvalue weighted by Crippen LogP contribution is 2.28. The molecule has 3 nitrogen and oxygen atoms in total. The maximum atomic E-state index is 13.3. The fraction of sp³-hybridized carbons (Fsp3) is 0.364. The van der Waals surface area contributed by atoms with Crippen LogP contribution in [0.4, 0.5) is 10.3 Å². The lowest BCUT2D eigenvalue weighted by Crippen LogP contribution is -2.10. The van der Waals surface area contributed by atoms with Crippen molar-refractivity contribution in [1.29, 1.82) is 0 Å². The van der Waals surface area contributed by atoms with Crippen molar-refractivity contribution in [2.75, 3.05) is 17.7 Å². The summed E-state index contributed by atoms with van der Waals surface area (Å²) >= 11 is 7.51. The molecule has 92 valence electrons. The third-order valence-corrected chi connectivity index (χ3v) is 3.71. The van der Waals surface area contributed by atoms with E-state index in [1.807, 2.05) is 17.7 Å². The summed E-state index contributed by atoms with van der Waals surface area (Å²) < 4.78 is 15.2. The van der Waals surface area contributed by atoms with Crippen LogP contribution in [0.3, 0.4) is 0 Å².